The third-order valence-corrected chi connectivity index (χ3v) is 5.64. The highest BCUT2D eigenvalue weighted by Gasteiger charge is 2.34. The maximum absolute atomic E-state index is 12.5. The zero-order chi connectivity index (χ0) is 16.4. The van der Waals surface area contributed by atoms with Crippen LogP contribution in [0.4, 0.5) is 0 Å². The molecule has 0 unspecified atom stereocenters. The van der Waals surface area contributed by atoms with Crippen molar-refractivity contribution in [2.45, 2.75) is 12.8 Å². The number of thioether (sulfide) groups is 1. The minimum Gasteiger partial charge on any atom is -0.341 e. The van der Waals surface area contributed by atoms with Gasteiger partial charge in [-0.05, 0) is 36.6 Å². The van der Waals surface area contributed by atoms with Gasteiger partial charge in [0.1, 0.15) is 10.9 Å². The molecule has 1 aromatic carbocycles. The fourth-order valence-electron chi connectivity index (χ4n) is 2.59. The van der Waals surface area contributed by atoms with Crippen LogP contribution in [0.1, 0.15) is 18.4 Å². The summed E-state index contributed by atoms with van der Waals surface area (Å²) in [5.41, 5.74) is 0.922. The van der Waals surface area contributed by atoms with Crippen LogP contribution in [0.2, 0.25) is 0 Å². The summed E-state index contributed by atoms with van der Waals surface area (Å²) < 4.78 is 1.40. The highest BCUT2D eigenvalue weighted by atomic mass is 79.9. The summed E-state index contributed by atoms with van der Waals surface area (Å²) in [6.45, 7) is 1.60. The van der Waals surface area contributed by atoms with E-state index in [9.17, 15) is 9.59 Å². The van der Waals surface area contributed by atoms with Crippen LogP contribution in [0.3, 0.4) is 0 Å². The van der Waals surface area contributed by atoms with Crippen molar-refractivity contribution in [2.24, 2.45) is 0 Å². The first-order valence-electron chi connectivity index (χ1n) is 7.33. The van der Waals surface area contributed by atoms with Crippen molar-refractivity contribution < 1.29 is 9.59 Å². The quantitative estimate of drug-likeness (QED) is 0.566. The summed E-state index contributed by atoms with van der Waals surface area (Å²) in [7, 11) is 0. The van der Waals surface area contributed by atoms with Gasteiger partial charge in [0.2, 0.25) is 5.91 Å². The second kappa shape index (κ2) is 7.15. The van der Waals surface area contributed by atoms with Crippen LogP contribution in [0.25, 0.3) is 6.08 Å². The van der Waals surface area contributed by atoms with Crippen molar-refractivity contribution in [1.29, 1.82) is 0 Å². The van der Waals surface area contributed by atoms with Gasteiger partial charge in [-0.15, -0.1) is 0 Å². The topological polar surface area (TPSA) is 40.6 Å². The van der Waals surface area contributed by atoms with E-state index >= 15 is 0 Å². The predicted octanol–water partition coefficient (Wildman–Crippen LogP) is 3.27. The van der Waals surface area contributed by atoms with Gasteiger partial charge in [-0.2, -0.15) is 0 Å². The molecule has 1 aromatic rings. The number of nitrogens with zero attached hydrogens (tertiary/aromatic N) is 2. The largest absolute Gasteiger partial charge is 0.341 e. The third kappa shape index (κ3) is 3.84. The molecule has 120 valence electrons. The van der Waals surface area contributed by atoms with Crippen molar-refractivity contribution in [2.75, 3.05) is 19.6 Å². The predicted molar refractivity (Wildman–Crippen MR) is 99.8 cm³/mol. The lowest BCUT2D eigenvalue weighted by Crippen LogP contribution is -2.40. The van der Waals surface area contributed by atoms with Crippen LogP contribution >= 0.6 is 39.9 Å². The average Bonchev–Trinajstić information content (AvgIpc) is 3.12. The SMILES string of the molecule is O=C(CN1C(=O)/C(=C/c2cccc(Br)c2)SC1=S)N1CCCC1. The number of carbonyl (C=O) groups is 2. The van der Waals surface area contributed by atoms with Gasteiger partial charge in [-0.1, -0.05) is 52.0 Å². The Morgan fingerprint density at radius 2 is 2.09 bits per heavy atom. The summed E-state index contributed by atoms with van der Waals surface area (Å²) in [4.78, 5) is 28.5. The number of rotatable bonds is 3. The lowest BCUT2D eigenvalue weighted by Gasteiger charge is -2.19. The van der Waals surface area contributed by atoms with Gasteiger partial charge in [0.05, 0.1) is 4.91 Å². The summed E-state index contributed by atoms with van der Waals surface area (Å²) in [6.07, 6.45) is 3.88. The van der Waals surface area contributed by atoms with Gasteiger partial charge in [0, 0.05) is 17.6 Å². The van der Waals surface area contributed by atoms with E-state index in [1.165, 1.54) is 16.7 Å². The maximum Gasteiger partial charge on any atom is 0.266 e. The van der Waals surface area contributed by atoms with E-state index in [1.807, 2.05) is 30.3 Å². The number of halogens is 1. The molecule has 2 aliphatic rings. The first-order chi connectivity index (χ1) is 11.0. The first-order valence-corrected chi connectivity index (χ1v) is 9.35. The zero-order valence-corrected chi connectivity index (χ0v) is 15.5. The molecule has 7 heteroatoms. The fraction of sp³-hybridized carbons (Fsp3) is 0.312. The number of hydrogen-bond acceptors (Lipinski definition) is 4. The van der Waals surface area contributed by atoms with Crippen LogP contribution in [-0.4, -0.2) is 45.6 Å². The number of hydrogen-bond donors (Lipinski definition) is 0. The number of thiocarbonyl (C=S) groups is 1. The Hall–Kier alpha value is -1.18. The van der Waals surface area contributed by atoms with Gasteiger partial charge in [0.15, 0.2) is 0 Å². The molecule has 0 bridgehead atoms. The summed E-state index contributed by atoms with van der Waals surface area (Å²) in [6, 6.07) is 7.69. The Kier molecular flexibility index (Phi) is 5.18. The van der Waals surface area contributed by atoms with Gasteiger partial charge >= 0.3 is 0 Å². The standard InChI is InChI=1S/C16H15BrN2O2S2/c17-12-5-3-4-11(8-12)9-13-15(21)19(16(22)23-13)10-14(20)18-6-1-2-7-18/h3-5,8-9H,1-2,6-7,10H2/b13-9-. The van der Waals surface area contributed by atoms with Crippen LogP contribution in [-0.2, 0) is 9.59 Å². The average molecular weight is 411 g/mol. The number of likely N-dealkylation sites (tertiary alicyclic amines) is 1. The van der Waals surface area contributed by atoms with E-state index in [1.54, 1.807) is 4.90 Å². The minimum atomic E-state index is -0.187. The Bertz CT molecular complexity index is 699. The van der Waals surface area contributed by atoms with Crippen LogP contribution in [0.5, 0.6) is 0 Å². The van der Waals surface area contributed by atoms with Crippen molar-refractivity contribution in [1.82, 2.24) is 9.80 Å². The molecule has 2 amide bonds. The van der Waals surface area contributed by atoms with Crippen molar-refractivity contribution in [3.05, 3.63) is 39.2 Å². The van der Waals surface area contributed by atoms with E-state index in [2.05, 4.69) is 15.9 Å². The molecule has 0 radical (unpaired) electrons. The molecule has 3 rings (SSSR count). The fourth-order valence-corrected chi connectivity index (χ4v) is 4.26. The number of amides is 2. The van der Waals surface area contributed by atoms with Gasteiger partial charge in [0.25, 0.3) is 5.91 Å². The van der Waals surface area contributed by atoms with Crippen molar-refractivity contribution in [3.8, 4) is 0 Å². The molecule has 2 heterocycles. The normalized spacial score (nSPS) is 20.0. The molecule has 0 aromatic heterocycles. The zero-order valence-electron chi connectivity index (χ0n) is 12.3. The monoisotopic (exact) mass is 410 g/mol. The third-order valence-electron chi connectivity index (χ3n) is 3.77. The summed E-state index contributed by atoms with van der Waals surface area (Å²) in [5.74, 6) is -0.213. The van der Waals surface area contributed by atoms with Crippen molar-refractivity contribution >= 4 is 62.1 Å². The smallest absolute Gasteiger partial charge is 0.266 e. The molecular formula is C16H15BrN2O2S2. The highest BCUT2D eigenvalue weighted by molar-refractivity contribution is 9.10. The molecule has 0 spiro atoms. The second-order valence-electron chi connectivity index (χ2n) is 5.41. The Morgan fingerprint density at radius 1 is 1.35 bits per heavy atom. The van der Waals surface area contributed by atoms with Gasteiger partial charge in [-0.25, -0.2) is 0 Å². The van der Waals surface area contributed by atoms with E-state index in [0.29, 0.717) is 9.23 Å². The van der Waals surface area contributed by atoms with E-state index in [-0.39, 0.29) is 18.4 Å². The molecule has 0 N–H and O–H groups in total. The Labute approximate surface area is 153 Å². The van der Waals surface area contributed by atoms with Crippen LogP contribution in [0.15, 0.2) is 33.6 Å². The van der Waals surface area contributed by atoms with E-state index in [4.69, 9.17) is 12.2 Å². The van der Waals surface area contributed by atoms with E-state index < -0.39 is 0 Å². The van der Waals surface area contributed by atoms with Gasteiger partial charge < -0.3 is 4.90 Å². The molecule has 0 saturated carbocycles. The second-order valence-corrected chi connectivity index (χ2v) is 8.00. The molecule has 2 aliphatic heterocycles. The molecule has 2 fully saturated rings. The maximum atomic E-state index is 12.5. The first kappa shape index (κ1) is 16.7. The highest BCUT2D eigenvalue weighted by Crippen LogP contribution is 2.32. The molecule has 4 nitrogen and oxygen atoms in total. The van der Waals surface area contributed by atoms with Gasteiger partial charge in [-0.3, -0.25) is 14.5 Å². The molecular weight excluding hydrogens is 396 g/mol. The molecule has 0 atom stereocenters. The number of benzene rings is 1. The molecule has 2 saturated heterocycles. The van der Waals surface area contributed by atoms with Crippen LogP contribution < -0.4 is 0 Å². The van der Waals surface area contributed by atoms with E-state index in [0.717, 1.165) is 36.0 Å². The molecule has 0 aliphatic carbocycles. The summed E-state index contributed by atoms with van der Waals surface area (Å²) >= 11 is 9.94. The molecule has 23 heavy (non-hydrogen) atoms. The van der Waals surface area contributed by atoms with Crippen molar-refractivity contribution in [3.63, 3.8) is 0 Å². The Morgan fingerprint density at radius 3 is 2.78 bits per heavy atom. The number of carbonyl (C=O) groups excluding carboxylic acids is 2. The summed E-state index contributed by atoms with van der Waals surface area (Å²) in [5, 5.41) is 0. The lowest BCUT2D eigenvalue weighted by atomic mass is 10.2. The Balaban J connectivity index is 1.73. The minimum absolute atomic E-state index is 0.0255. The lowest BCUT2D eigenvalue weighted by molar-refractivity contribution is -0.134. The van der Waals surface area contributed by atoms with Crippen LogP contribution in [0, 0.1) is 0 Å².